The molecule has 1 heterocycles. The van der Waals surface area contributed by atoms with E-state index in [2.05, 4.69) is 10.6 Å². The molecular weight excluding hydrogens is 358 g/mol. The van der Waals surface area contributed by atoms with Crippen molar-refractivity contribution in [3.63, 3.8) is 0 Å². The maximum absolute atomic E-state index is 13.5. The van der Waals surface area contributed by atoms with E-state index < -0.39 is 23.0 Å². The Hall–Kier alpha value is -1.96. The van der Waals surface area contributed by atoms with Gasteiger partial charge in [0.2, 0.25) is 5.91 Å². The van der Waals surface area contributed by atoms with Crippen LogP contribution in [0.1, 0.15) is 10.8 Å². The number of carbonyl (C=O) groups is 1. The van der Waals surface area contributed by atoms with E-state index in [4.69, 9.17) is 0 Å². The predicted molar refractivity (Wildman–Crippen MR) is 96.8 cm³/mol. The van der Waals surface area contributed by atoms with Crippen LogP contribution in [-0.4, -0.2) is 36.8 Å². The van der Waals surface area contributed by atoms with Crippen LogP contribution >= 0.6 is 11.8 Å². The number of hydrogen-bond acceptors (Lipinski definition) is 4. The number of benzene rings is 2. The zero-order chi connectivity index (χ0) is 18.5. The molecule has 1 saturated heterocycles. The van der Waals surface area contributed by atoms with E-state index >= 15 is 0 Å². The lowest BCUT2D eigenvalue weighted by Crippen LogP contribution is -2.36. The Morgan fingerprint density at radius 2 is 1.96 bits per heavy atom. The minimum atomic E-state index is -0.942. The van der Waals surface area contributed by atoms with E-state index in [0.717, 1.165) is 29.5 Å². The summed E-state index contributed by atoms with van der Waals surface area (Å²) in [5.41, 5.74) is 0.768. The van der Waals surface area contributed by atoms with Crippen LogP contribution in [0.2, 0.25) is 0 Å². The quantitative estimate of drug-likeness (QED) is 0.676. The molecule has 1 aliphatic heterocycles. The van der Waals surface area contributed by atoms with Crippen LogP contribution in [0.15, 0.2) is 53.4 Å². The lowest BCUT2D eigenvalue weighted by molar-refractivity contribution is -0.120. The zero-order valence-electron chi connectivity index (χ0n) is 14.0. The van der Waals surface area contributed by atoms with Crippen LogP contribution in [0.4, 0.5) is 8.78 Å². The molecule has 0 spiro atoms. The maximum atomic E-state index is 13.5. The SMILES string of the molecule is O=C(NCC1CNCC1O)C(Sc1ccc(F)c(F)c1)c1ccccc1. The van der Waals surface area contributed by atoms with E-state index in [-0.39, 0.29) is 11.8 Å². The van der Waals surface area contributed by atoms with Gasteiger partial charge in [-0.25, -0.2) is 8.78 Å². The Bertz CT molecular complexity index is 760. The van der Waals surface area contributed by atoms with E-state index in [1.54, 1.807) is 0 Å². The molecule has 0 saturated carbocycles. The second-order valence-corrected chi connectivity index (χ2v) is 7.39. The van der Waals surface area contributed by atoms with Gasteiger partial charge < -0.3 is 15.7 Å². The third-order valence-corrected chi connectivity index (χ3v) is 5.58. The Morgan fingerprint density at radius 3 is 2.62 bits per heavy atom. The van der Waals surface area contributed by atoms with Gasteiger partial charge in [0, 0.05) is 30.4 Å². The number of halogens is 2. The summed E-state index contributed by atoms with van der Waals surface area (Å²) in [6.45, 7) is 1.52. The number of hydrogen-bond donors (Lipinski definition) is 3. The average Bonchev–Trinajstić information content (AvgIpc) is 3.06. The highest BCUT2D eigenvalue weighted by atomic mass is 32.2. The van der Waals surface area contributed by atoms with Crippen molar-refractivity contribution < 1.29 is 18.7 Å². The first kappa shape index (κ1) is 18.8. The van der Waals surface area contributed by atoms with E-state index in [9.17, 15) is 18.7 Å². The predicted octanol–water partition coefficient (Wildman–Crippen LogP) is 2.49. The maximum Gasteiger partial charge on any atom is 0.238 e. The summed E-state index contributed by atoms with van der Waals surface area (Å²) in [5, 5.41) is 15.2. The third-order valence-electron chi connectivity index (χ3n) is 4.33. The van der Waals surface area contributed by atoms with Gasteiger partial charge >= 0.3 is 0 Å². The molecule has 26 heavy (non-hydrogen) atoms. The highest BCUT2D eigenvalue weighted by Gasteiger charge is 2.27. The van der Waals surface area contributed by atoms with Gasteiger partial charge in [-0.15, -0.1) is 11.8 Å². The monoisotopic (exact) mass is 378 g/mol. The molecule has 1 fully saturated rings. The van der Waals surface area contributed by atoms with Crippen LogP contribution in [0.3, 0.4) is 0 Å². The molecule has 3 N–H and O–H groups in total. The summed E-state index contributed by atoms with van der Waals surface area (Å²) in [6, 6.07) is 12.7. The van der Waals surface area contributed by atoms with Gasteiger partial charge in [-0.3, -0.25) is 4.79 Å². The number of nitrogens with one attached hydrogen (secondary N) is 2. The van der Waals surface area contributed by atoms with Crippen molar-refractivity contribution in [2.75, 3.05) is 19.6 Å². The Kier molecular flexibility index (Phi) is 6.24. The van der Waals surface area contributed by atoms with Crippen molar-refractivity contribution in [1.29, 1.82) is 0 Å². The summed E-state index contributed by atoms with van der Waals surface area (Å²) < 4.78 is 26.7. The van der Waals surface area contributed by atoms with Crippen LogP contribution in [0, 0.1) is 17.6 Å². The molecule has 3 atom stereocenters. The fraction of sp³-hybridized carbons (Fsp3) is 0.316. The van der Waals surface area contributed by atoms with Gasteiger partial charge in [-0.2, -0.15) is 0 Å². The number of carbonyl (C=O) groups excluding carboxylic acids is 1. The van der Waals surface area contributed by atoms with Crippen LogP contribution in [0.5, 0.6) is 0 Å². The summed E-state index contributed by atoms with van der Waals surface area (Å²) >= 11 is 1.16. The van der Waals surface area contributed by atoms with Crippen LogP contribution in [-0.2, 0) is 4.79 Å². The first-order valence-electron chi connectivity index (χ1n) is 8.37. The van der Waals surface area contributed by atoms with Crippen molar-refractivity contribution >= 4 is 17.7 Å². The van der Waals surface area contributed by atoms with E-state index in [0.29, 0.717) is 24.5 Å². The summed E-state index contributed by atoms with van der Waals surface area (Å²) in [6.07, 6.45) is -0.482. The second-order valence-electron chi connectivity index (χ2n) is 6.22. The van der Waals surface area contributed by atoms with Crippen molar-refractivity contribution in [2.45, 2.75) is 16.2 Å². The van der Waals surface area contributed by atoms with Gasteiger partial charge in [-0.05, 0) is 23.8 Å². The number of amides is 1. The molecule has 7 heteroatoms. The normalized spacial score (nSPS) is 20.7. The number of aliphatic hydroxyl groups is 1. The Balaban J connectivity index is 1.74. The summed E-state index contributed by atoms with van der Waals surface area (Å²) in [5.74, 6) is -2.13. The van der Waals surface area contributed by atoms with Crippen molar-refractivity contribution in [3.8, 4) is 0 Å². The van der Waals surface area contributed by atoms with Gasteiger partial charge in [0.15, 0.2) is 11.6 Å². The molecule has 2 aromatic rings. The lowest BCUT2D eigenvalue weighted by Gasteiger charge is -2.20. The molecule has 1 aliphatic rings. The van der Waals surface area contributed by atoms with Crippen LogP contribution in [0.25, 0.3) is 0 Å². The molecule has 2 aromatic carbocycles. The molecular formula is C19H20F2N2O2S. The van der Waals surface area contributed by atoms with Crippen LogP contribution < -0.4 is 10.6 Å². The summed E-state index contributed by atoms with van der Waals surface area (Å²) in [7, 11) is 0. The lowest BCUT2D eigenvalue weighted by atomic mass is 10.1. The molecule has 1 amide bonds. The number of rotatable bonds is 6. The number of aliphatic hydroxyl groups excluding tert-OH is 1. The molecule has 0 aromatic heterocycles. The fourth-order valence-corrected chi connectivity index (χ4v) is 3.91. The largest absolute Gasteiger partial charge is 0.391 e. The van der Waals surface area contributed by atoms with E-state index in [1.165, 1.54) is 6.07 Å². The van der Waals surface area contributed by atoms with Crippen molar-refractivity contribution in [3.05, 3.63) is 65.7 Å². The van der Waals surface area contributed by atoms with Gasteiger partial charge in [-0.1, -0.05) is 30.3 Å². The highest BCUT2D eigenvalue weighted by molar-refractivity contribution is 8.00. The first-order valence-corrected chi connectivity index (χ1v) is 9.25. The minimum absolute atomic E-state index is 0.0383. The third kappa shape index (κ3) is 4.60. The smallest absolute Gasteiger partial charge is 0.238 e. The standard InChI is InChI=1S/C19H20F2N2O2S/c20-15-7-6-14(8-16(15)21)26-18(12-4-2-1-3-5-12)19(25)23-10-13-9-22-11-17(13)24/h1-8,13,17-18,22,24H,9-11H2,(H,23,25). The summed E-state index contributed by atoms with van der Waals surface area (Å²) in [4.78, 5) is 13.2. The van der Waals surface area contributed by atoms with Gasteiger partial charge in [0.25, 0.3) is 0 Å². The molecule has 4 nitrogen and oxygen atoms in total. The Morgan fingerprint density at radius 1 is 1.19 bits per heavy atom. The van der Waals surface area contributed by atoms with Crippen molar-refractivity contribution in [1.82, 2.24) is 10.6 Å². The van der Waals surface area contributed by atoms with E-state index in [1.807, 2.05) is 30.3 Å². The Labute approximate surface area is 155 Å². The average molecular weight is 378 g/mol. The molecule has 138 valence electrons. The molecule has 3 rings (SSSR count). The topological polar surface area (TPSA) is 61.4 Å². The number of thioether (sulfide) groups is 1. The first-order chi connectivity index (χ1) is 12.5. The molecule has 0 bridgehead atoms. The molecule has 0 aliphatic carbocycles. The van der Waals surface area contributed by atoms with Gasteiger partial charge in [0.05, 0.1) is 6.10 Å². The number of β-amino-alcohol motifs (C(OH)–C–C–N with tert-alkyl or cyclic N) is 1. The zero-order valence-corrected chi connectivity index (χ0v) is 14.8. The molecule has 3 unspecified atom stereocenters. The highest BCUT2D eigenvalue weighted by Crippen LogP contribution is 2.36. The minimum Gasteiger partial charge on any atom is -0.391 e. The van der Waals surface area contributed by atoms with Gasteiger partial charge in [0.1, 0.15) is 5.25 Å². The fourth-order valence-electron chi connectivity index (χ4n) is 2.84. The second kappa shape index (κ2) is 8.62. The molecule has 0 radical (unpaired) electrons. The van der Waals surface area contributed by atoms with Crippen molar-refractivity contribution in [2.24, 2.45) is 5.92 Å².